The first kappa shape index (κ1) is 19.2. The van der Waals surface area contributed by atoms with Crippen LogP contribution in [0.1, 0.15) is 62.3 Å². The molecule has 2 nitrogen and oxygen atoms in total. The molecule has 0 fully saturated rings. The molecule has 0 amide bonds. The Morgan fingerprint density at radius 2 is 1.00 bits per heavy atom. The van der Waals surface area contributed by atoms with Crippen molar-refractivity contribution in [3.05, 3.63) is 11.3 Å². The fourth-order valence-corrected chi connectivity index (χ4v) is 3.40. The van der Waals surface area contributed by atoms with E-state index in [2.05, 4.69) is 55.4 Å². The first-order valence-corrected chi connectivity index (χ1v) is 7.96. The molecule has 118 valence electrons. The van der Waals surface area contributed by atoms with E-state index in [1.54, 1.807) is 6.92 Å². The van der Waals surface area contributed by atoms with Gasteiger partial charge in [-0.2, -0.15) is 0 Å². The van der Waals surface area contributed by atoms with Gasteiger partial charge in [0.1, 0.15) is 5.76 Å². The van der Waals surface area contributed by atoms with Crippen LogP contribution in [0.15, 0.2) is 11.3 Å². The highest BCUT2D eigenvalue weighted by atomic mass is 16.3. The average Bonchev–Trinajstić information content (AvgIpc) is 2.25. The second-order valence-corrected chi connectivity index (χ2v) is 7.40. The van der Waals surface area contributed by atoms with Crippen LogP contribution in [0.3, 0.4) is 0 Å². The van der Waals surface area contributed by atoms with Gasteiger partial charge in [-0.05, 0) is 30.6 Å². The second kappa shape index (κ2) is 7.85. The van der Waals surface area contributed by atoms with E-state index in [1.165, 1.54) is 0 Å². The predicted octanol–water partition coefficient (Wildman–Crippen LogP) is 5.24. The summed E-state index contributed by atoms with van der Waals surface area (Å²) in [6, 6.07) is 0. The molecule has 0 saturated carbocycles. The van der Waals surface area contributed by atoms with Crippen molar-refractivity contribution in [2.45, 2.75) is 62.3 Å². The molecule has 0 atom stereocenters. The van der Waals surface area contributed by atoms with Gasteiger partial charge in [-0.15, -0.1) is 0 Å². The number of carbonyl (C=O) groups excluding carboxylic acids is 1. The number of Topliss-reactive ketones (excluding diaryl/α,β-unsaturated/α-hetero) is 1. The lowest BCUT2D eigenvalue weighted by Crippen LogP contribution is -2.29. The molecule has 0 spiro atoms. The molecule has 0 aliphatic heterocycles. The summed E-state index contributed by atoms with van der Waals surface area (Å²) in [4.78, 5) is 12.7. The quantitative estimate of drug-likeness (QED) is 0.512. The first-order chi connectivity index (χ1) is 9.02. The number of aliphatic hydroxyl groups is 1. The monoisotopic (exact) mass is 282 g/mol. The molecule has 0 saturated heterocycles. The molecule has 0 unspecified atom stereocenters. The van der Waals surface area contributed by atoms with E-state index in [9.17, 15) is 9.90 Å². The van der Waals surface area contributed by atoms with Crippen LogP contribution in [-0.2, 0) is 4.79 Å². The molecule has 0 aromatic rings. The van der Waals surface area contributed by atoms with Gasteiger partial charge in [0.15, 0.2) is 5.78 Å². The van der Waals surface area contributed by atoms with Crippen LogP contribution in [-0.4, -0.2) is 10.9 Å². The van der Waals surface area contributed by atoms with Crippen molar-refractivity contribution in [1.82, 2.24) is 0 Å². The van der Waals surface area contributed by atoms with Gasteiger partial charge in [0.2, 0.25) is 0 Å². The van der Waals surface area contributed by atoms with Crippen LogP contribution < -0.4 is 0 Å². The molecule has 0 aliphatic rings. The fraction of sp³-hybridized carbons (Fsp3) is 0.833. The Morgan fingerprint density at radius 1 is 0.700 bits per heavy atom. The molecule has 0 radical (unpaired) electrons. The zero-order chi connectivity index (χ0) is 16.2. The molecular weight excluding hydrogens is 248 g/mol. The zero-order valence-corrected chi connectivity index (χ0v) is 14.8. The molecular formula is C18H34O2. The van der Waals surface area contributed by atoms with E-state index < -0.39 is 0 Å². The highest BCUT2D eigenvalue weighted by molar-refractivity contribution is 5.97. The van der Waals surface area contributed by atoms with Gasteiger partial charge in [0.05, 0.1) is 0 Å². The maximum atomic E-state index is 12.7. The SMILES string of the molecule is C/C(C(=O)C(C(C)C)C(C)C)=C(/O)C(C(C)C)C(C)C. The van der Waals surface area contributed by atoms with Gasteiger partial charge in [0, 0.05) is 17.4 Å². The third kappa shape index (κ3) is 4.64. The zero-order valence-electron chi connectivity index (χ0n) is 14.8. The number of hydrogen-bond donors (Lipinski definition) is 1. The number of aliphatic hydroxyl groups excluding tert-OH is 1. The number of ketones is 1. The van der Waals surface area contributed by atoms with Crippen LogP contribution >= 0.6 is 0 Å². The maximum absolute atomic E-state index is 12.7. The predicted molar refractivity (Wildman–Crippen MR) is 86.7 cm³/mol. The van der Waals surface area contributed by atoms with Gasteiger partial charge in [-0.3, -0.25) is 4.79 Å². The van der Waals surface area contributed by atoms with Gasteiger partial charge < -0.3 is 5.11 Å². The Kier molecular flexibility index (Phi) is 7.54. The van der Waals surface area contributed by atoms with Crippen molar-refractivity contribution in [3.63, 3.8) is 0 Å². The lowest BCUT2D eigenvalue weighted by atomic mass is 9.77. The average molecular weight is 282 g/mol. The topological polar surface area (TPSA) is 37.3 Å². The lowest BCUT2D eigenvalue weighted by molar-refractivity contribution is -0.122. The molecule has 0 rings (SSSR count). The summed E-state index contributed by atoms with van der Waals surface area (Å²) in [6.45, 7) is 18.5. The molecule has 20 heavy (non-hydrogen) atoms. The number of hydrogen-bond acceptors (Lipinski definition) is 2. The van der Waals surface area contributed by atoms with Crippen molar-refractivity contribution in [2.24, 2.45) is 35.5 Å². The summed E-state index contributed by atoms with van der Waals surface area (Å²) in [6.07, 6.45) is 0. The van der Waals surface area contributed by atoms with Crippen LogP contribution in [0.5, 0.6) is 0 Å². The fourth-order valence-electron chi connectivity index (χ4n) is 3.40. The number of allylic oxidation sites excluding steroid dienone is 2. The van der Waals surface area contributed by atoms with E-state index in [0.29, 0.717) is 35.0 Å². The molecule has 0 aromatic carbocycles. The van der Waals surface area contributed by atoms with Crippen LogP contribution in [0, 0.1) is 35.5 Å². The van der Waals surface area contributed by atoms with E-state index >= 15 is 0 Å². The third-order valence-corrected chi connectivity index (χ3v) is 4.25. The van der Waals surface area contributed by atoms with Gasteiger partial charge in [-0.25, -0.2) is 0 Å². The van der Waals surface area contributed by atoms with E-state index in [0.717, 1.165) is 0 Å². The van der Waals surface area contributed by atoms with Crippen molar-refractivity contribution < 1.29 is 9.90 Å². The van der Waals surface area contributed by atoms with E-state index in [1.807, 2.05) is 0 Å². The van der Waals surface area contributed by atoms with Crippen LogP contribution in [0.25, 0.3) is 0 Å². The minimum Gasteiger partial charge on any atom is -0.512 e. The second-order valence-electron chi connectivity index (χ2n) is 7.40. The smallest absolute Gasteiger partial charge is 0.165 e. The van der Waals surface area contributed by atoms with Crippen molar-refractivity contribution in [1.29, 1.82) is 0 Å². The summed E-state index contributed by atoms with van der Waals surface area (Å²) >= 11 is 0. The Hall–Kier alpha value is -0.790. The summed E-state index contributed by atoms with van der Waals surface area (Å²) in [5.74, 6) is 1.69. The highest BCUT2D eigenvalue weighted by Gasteiger charge is 2.31. The molecule has 0 bridgehead atoms. The van der Waals surface area contributed by atoms with Crippen molar-refractivity contribution >= 4 is 5.78 Å². The normalized spacial score (nSPS) is 14.2. The maximum Gasteiger partial charge on any atom is 0.165 e. The van der Waals surface area contributed by atoms with Gasteiger partial charge >= 0.3 is 0 Å². The molecule has 0 aliphatic carbocycles. The minimum absolute atomic E-state index is 0.0166. The van der Waals surface area contributed by atoms with Crippen molar-refractivity contribution in [3.8, 4) is 0 Å². The minimum atomic E-state index is -0.0166. The Labute approximate surface area is 125 Å². The molecule has 0 aromatic heterocycles. The van der Waals surface area contributed by atoms with E-state index in [-0.39, 0.29) is 17.6 Å². The lowest BCUT2D eigenvalue weighted by Gasteiger charge is -2.28. The van der Waals surface area contributed by atoms with Crippen molar-refractivity contribution in [2.75, 3.05) is 0 Å². The number of carbonyl (C=O) groups is 1. The largest absolute Gasteiger partial charge is 0.512 e. The summed E-state index contributed by atoms with van der Waals surface area (Å²) in [5, 5.41) is 10.6. The summed E-state index contributed by atoms with van der Waals surface area (Å²) < 4.78 is 0. The molecule has 2 heteroatoms. The Bertz CT molecular complexity index is 332. The first-order valence-electron chi connectivity index (χ1n) is 7.96. The highest BCUT2D eigenvalue weighted by Crippen LogP contribution is 2.32. The standard InChI is InChI=1S/C18H34O2/c1-10(2)15(11(3)4)17(19)14(9)18(20)16(12(5)6)13(7)8/h10-13,15-16,19H,1-9H3/b17-14-. The van der Waals surface area contributed by atoms with Gasteiger partial charge in [0.25, 0.3) is 0 Å². The molecule has 1 N–H and O–H groups in total. The van der Waals surface area contributed by atoms with E-state index in [4.69, 9.17) is 0 Å². The third-order valence-electron chi connectivity index (χ3n) is 4.25. The Morgan fingerprint density at radius 3 is 1.25 bits per heavy atom. The summed E-state index contributed by atoms with van der Waals surface area (Å²) in [5.41, 5.74) is 0.560. The summed E-state index contributed by atoms with van der Waals surface area (Å²) in [7, 11) is 0. The van der Waals surface area contributed by atoms with Crippen LogP contribution in [0.4, 0.5) is 0 Å². The van der Waals surface area contributed by atoms with Crippen LogP contribution in [0.2, 0.25) is 0 Å². The van der Waals surface area contributed by atoms with Gasteiger partial charge in [-0.1, -0.05) is 55.4 Å². The number of rotatable bonds is 7. The molecule has 0 heterocycles. The Balaban J connectivity index is 5.52.